The molecule has 2 atom stereocenters. The van der Waals surface area contributed by atoms with Crippen molar-refractivity contribution >= 4 is 17.8 Å². The second-order valence-electron chi connectivity index (χ2n) is 7.40. The summed E-state index contributed by atoms with van der Waals surface area (Å²) >= 11 is 0. The zero-order chi connectivity index (χ0) is 18.2. The molecule has 1 aliphatic heterocycles. The number of hydrogen-bond acceptors (Lipinski definition) is 3. The van der Waals surface area contributed by atoms with Crippen LogP contribution in [0.15, 0.2) is 30.3 Å². The molecular formula is C19H24N2O4. The van der Waals surface area contributed by atoms with Crippen LogP contribution in [0.2, 0.25) is 0 Å². The molecule has 0 spiro atoms. The molecule has 1 N–H and O–H groups in total. The maximum absolute atomic E-state index is 12.9. The zero-order valence-corrected chi connectivity index (χ0v) is 14.6. The number of carboxylic acids is 1. The maximum atomic E-state index is 12.9. The van der Waals surface area contributed by atoms with Crippen molar-refractivity contribution in [2.45, 2.75) is 25.7 Å². The lowest BCUT2D eigenvalue weighted by molar-refractivity contribution is -0.145. The average Bonchev–Trinajstić information content (AvgIpc) is 3.42. The monoisotopic (exact) mass is 344 g/mol. The van der Waals surface area contributed by atoms with Gasteiger partial charge in [0.05, 0.1) is 17.3 Å². The Kier molecular flexibility index (Phi) is 4.54. The lowest BCUT2D eigenvalue weighted by atomic mass is 9.83. The van der Waals surface area contributed by atoms with Crippen molar-refractivity contribution in [3.05, 3.63) is 35.9 Å². The van der Waals surface area contributed by atoms with E-state index in [4.69, 9.17) is 5.11 Å². The molecule has 2 fully saturated rings. The van der Waals surface area contributed by atoms with E-state index in [-0.39, 0.29) is 17.7 Å². The van der Waals surface area contributed by atoms with Crippen LogP contribution in [0, 0.1) is 11.8 Å². The quantitative estimate of drug-likeness (QED) is 0.894. The van der Waals surface area contributed by atoms with Gasteiger partial charge in [-0.05, 0) is 25.8 Å². The van der Waals surface area contributed by atoms with E-state index in [0.717, 1.165) is 5.56 Å². The third-order valence-corrected chi connectivity index (χ3v) is 5.33. The van der Waals surface area contributed by atoms with Gasteiger partial charge in [-0.3, -0.25) is 14.4 Å². The van der Waals surface area contributed by atoms with Gasteiger partial charge in [-0.1, -0.05) is 30.3 Å². The van der Waals surface area contributed by atoms with Crippen LogP contribution in [0.4, 0.5) is 0 Å². The van der Waals surface area contributed by atoms with Gasteiger partial charge in [0, 0.05) is 26.2 Å². The molecule has 1 heterocycles. The van der Waals surface area contributed by atoms with Crippen molar-refractivity contribution in [2.24, 2.45) is 11.8 Å². The Morgan fingerprint density at radius 3 is 2.04 bits per heavy atom. The van der Waals surface area contributed by atoms with Gasteiger partial charge in [0.1, 0.15) is 0 Å². The van der Waals surface area contributed by atoms with Crippen LogP contribution in [-0.4, -0.2) is 58.9 Å². The van der Waals surface area contributed by atoms with E-state index >= 15 is 0 Å². The first-order valence-corrected chi connectivity index (χ1v) is 8.69. The highest BCUT2D eigenvalue weighted by Crippen LogP contribution is 2.40. The van der Waals surface area contributed by atoms with Gasteiger partial charge in [-0.25, -0.2) is 0 Å². The first kappa shape index (κ1) is 17.5. The summed E-state index contributed by atoms with van der Waals surface area (Å²) in [6.45, 7) is 5.76. The van der Waals surface area contributed by atoms with Crippen molar-refractivity contribution < 1.29 is 19.5 Å². The molecule has 6 nitrogen and oxygen atoms in total. The first-order valence-electron chi connectivity index (χ1n) is 8.69. The molecule has 1 aromatic carbocycles. The van der Waals surface area contributed by atoms with Crippen molar-refractivity contribution in [1.82, 2.24) is 9.80 Å². The van der Waals surface area contributed by atoms with E-state index < -0.39 is 17.3 Å². The van der Waals surface area contributed by atoms with Crippen LogP contribution in [0.25, 0.3) is 0 Å². The standard InChI is InChI=1S/C19H24N2O4/c1-19(2,13-6-4-3-5-7-13)18(25)21-10-8-20(9-11-21)16(22)14-12-15(14)17(23)24/h3-7,14-15H,8-12H2,1-2H3,(H,23,24)/t14-,15-/m1/s1. The van der Waals surface area contributed by atoms with Gasteiger partial charge >= 0.3 is 5.97 Å². The highest BCUT2D eigenvalue weighted by molar-refractivity contribution is 5.90. The zero-order valence-electron chi connectivity index (χ0n) is 14.6. The van der Waals surface area contributed by atoms with E-state index in [1.807, 2.05) is 44.2 Å². The van der Waals surface area contributed by atoms with E-state index in [2.05, 4.69) is 0 Å². The molecule has 1 aromatic rings. The fraction of sp³-hybridized carbons (Fsp3) is 0.526. The number of amides is 2. The van der Waals surface area contributed by atoms with E-state index in [0.29, 0.717) is 32.6 Å². The van der Waals surface area contributed by atoms with E-state index in [9.17, 15) is 14.4 Å². The molecule has 0 radical (unpaired) electrons. The predicted octanol–water partition coefficient (Wildman–Crippen LogP) is 1.36. The summed E-state index contributed by atoms with van der Waals surface area (Å²) in [5.41, 5.74) is 0.360. The lowest BCUT2D eigenvalue weighted by Gasteiger charge is -2.39. The molecule has 0 bridgehead atoms. The summed E-state index contributed by atoms with van der Waals surface area (Å²) in [5.74, 6) is -1.82. The smallest absolute Gasteiger partial charge is 0.307 e. The number of aliphatic carboxylic acids is 1. The van der Waals surface area contributed by atoms with Crippen LogP contribution in [0.5, 0.6) is 0 Å². The third kappa shape index (κ3) is 3.38. The minimum Gasteiger partial charge on any atom is -0.481 e. The Labute approximate surface area is 147 Å². The van der Waals surface area contributed by atoms with Crippen LogP contribution >= 0.6 is 0 Å². The lowest BCUT2D eigenvalue weighted by Crippen LogP contribution is -2.54. The van der Waals surface area contributed by atoms with Crippen LogP contribution in [0.3, 0.4) is 0 Å². The van der Waals surface area contributed by atoms with E-state index in [1.54, 1.807) is 9.80 Å². The molecule has 0 aromatic heterocycles. The summed E-state index contributed by atoms with van der Waals surface area (Å²) in [5, 5.41) is 8.96. The molecular weight excluding hydrogens is 320 g/mol. The number of carbonyl (C=O) groups excluding carboxylic acids is 2. The van der Waals surface area contributed by atoms with Crippen LogP contribution in [-0.2, 0) is 19.8 Å². The minimum absolute atomic E-state index is 0.0561. The van der Waals surface area contributed by atoms with Gasteiger partial charge in [-0.2, -0.15) is 0 Å². The van der Waals surface area contributed by atoms with Crippen molar-refractivity contribution in [2.75, 3.05) is 26.2 Å². The third-order valence-electron chi connectivity index (χ3n) is 5.33. The molecule has 3 rings (SSSR count). The number of hydrogen-bond donors (Lipinski definition) is 1. The molecule has 2 amide bonds. The molecule has 1 saturated carbocycles. The molecule has 25 heavy (non-hydrogen) atoms. The van der Waals surface area contributed by atoms with Crippen molar-refractivity contribution in [3.63, 3.8) is 0 Å². The van der Waals surface area contributed by atoms with Crippen LogP contribution in [0.1, 0.15) is 25.8 Å². The SMILES string of the molecule is CC(C)(C(=O)N1CCN(C(=O)[C@@H]2C[C@H]2C(=O)O)CC1)c1ccccc1. The van der Waals surface area contributed by atoms with Gasteiger partial charge < -0.3 is 14.9 Å². The summed E-state index contributed by atoms with van der Waals surface area (Å²) in [6, 6.07) is 9.69. The molecule has 1 aliphatic carbocycles. The highest BCUT2D eigenvalue weighted by atomic mass is 16.4. The van der Waals surface area contributed by atoms with Crippen molar-refractivity contribution in [3.8, 4) is 0 Å². The number of rotatable bonds is 4. The molecule has 0 unspecified atom stereocenters. The fourth-order valence-electron chi connectivity index (χ4n) is 3.48. The van der Waals surface area contributed by atoms with Gasteiger partial charge in [0.25, 0.3) is 0 Å². The Morgan fingerprint density at radius 2 is 1.52 bits per heavy atom. The average molecular weight is 344 g/mol. The molecule has 6 heteroatoms. The van der Waals surface area contributed by atoms with Crippen molar-refractivity contribution in [1.29, 1.82) is 0 Å². The Hall–Kier alpha value is -2.37. The summed E-state index contributed by atoms with van der Waals surface area (Å²) < 4.78 is 0. The number of piperazine rings is 1. The Morgan fingerprint density at radius 1 is 0.960 bits per heavy atom. The molecule has 134 valence electrons. The molecule has 2 aliphatic rings. The largest absolute Gasteiger partial charge is 0.481 e. The first-order chi connectivity index (χ1) is 11.8. The number of benzene rings is 1. The van der Waals surface area contributed by atoms with Gasteiger partial charge in [0.15, 0.2) is 0 Å². The van der Waals surface area contributed by atoms with Crippen LogP contribution < -0.4 is 0 Å². The number of nitrogens with zero attached hydrogens (tertiary/aromatic N) is 2. The fourth-order valence-corrected chi connectivity index (χ4v) is 3.48. The van der Waals surface area contributed by atoms with E-state index in [1.165, 1.54) is 0 Å². The number of carboxylic acid groups (broad SMARTS) is 1. The Balaban J connectivity index is 1.58. The maximum Gasteiger partial charge on any atom is 0.307 e. The van der Waals surface area contributed by atoms with Gasteiger partial charge in [0.2, 0.25) is 11.8 Å². The Bertz CT molecular complexity index is 678. The second-order valence-corrected chi connectivity index (χ2v) is 7.40. The predicted molar refractivity (Wildman–Crippen MR) is 91.9 cm³/mol. The second kappa shape index (κ2) is 6.50. The topological polar surface area (TPSA) is 77.9 Å². The molecule has 1 saturated heterocycles. The normalized spacial score (nSPS) is 23.3. The van der Waals surface area contributed by atoms with Gasteiger partial charge in [-0.15, -0.1) is 0 Å². The highest BCUT2D eigenvalue weighted by Gasteiger charge is 2.50. The number of carbonyl (C=O) groups is 3. The summed E-state index contributed by atoms with van der Waals surface area (Å²) in [7, 11) is 0. The minimum atomic E-state index is -0.892. The summed E-state index contributed by atoms with van der Waals surface area (Å²) in [6.07, 6.45) is 0.439. The summed E-state index contributed by atoms with van der Waals surface area (Å²) in [4.78, 5) is 39.7.